The summed E-state index contributed by atoms with van der Waals surface area (Å²) < 4.78 is 46.1. The first-order chi connectivity index (χ1) is 13.1. The number of halogens is 3. The van der Waals surface area contributed by atoms with Crippen LogP contribution in [0.25, 0.3) is 0 Å². The fourth-order valence-electron chi connectivity index (χ4n) is 3.43. The van der Waals surface area contributed by atoms with E-state index in [1.807, 2.05) is 0 Å². The van der Waals surface area contributed by atoms with Crippen LogP contribution in [0, 0.1) is 11.3 Å². The molecule has 2 heterocycles. The molecule has 0 aromatic carbocycles. The molecule has 0 aromatic rings. The van der Waals surface area contributed by atoms with E-state index in [1.165, 1.54) is 4.90 Å². The number of likely N-dealkylation sites (tertiary alicyclic amines) is 1. The van der Waals surface area contributed by atoms with Gasteiger partial charge in [-0.1, -0.05) is 0 Å². The molecule has 12 heteroatoms. The van der Waals surface area contributed by atoms with Crippen LogP contribution in [0.4, 0.5) is 18.0 Å². The first-order valence-electron chi connectivity index (χ1n) is 9.08. The lowest BCUT2D eigenvalue weighted by atomic mass is 9.75. The molecule has 166 valence electrons. The minimum atomic E-state index is -5.39. The highest BCUT2D eigenvalue weighted by atomic mass is 19.4. The van der Waals surface area contributed by atoms with Crippen LogP contribution in [-0.2, 0) is 4.74 Å². The minimum Gasteiger partial charge on any atom is -0.444 e. The molecule has 1 fully saturated rings. The highest BCUT2D eigenvalue weighted by molar-refractivity contribution is 6.02. The molecule has 0 spiro atoms. The summed E-state index contributed by atoms with van der Waals surface area (Å²) >= 11 is 0. The van der Waals surface area contributed by atoms with Crippen molar-refractivity contribution in [2.45, 2.75) is 63.3 Å². The van der Waals surface area contributed by atoms with Crippen LogP contribution < -0.4 is 11.1 Å². The van der Waals surface area contributed by atoms with Crippen molar-refractivity contribution in [2.75, 3.05) is 13.1 Å². The number of nitrogens with zero attached hydrogens (tertiary/aromatic N) is 1. The number of hydrogen-bond donors (Lipinski definition) is 6. The van der Waals surface area contributed by atoms with Crippen LogP contribution in [0.2, 0.25) is 0 Å². The number of hydrogen-bond acceptors (Lipinski definition) is 8. The Balaban J connectivity index is 2.21. The monoisotopic (exact) mass is 424 g/mol. The number of rotatable bonds is 2. The Morgan fingerprint density at radius 2 is 1.79 bits per heavy atom. The summed E-state index contributed by atoms with van der Waals surface area (Å²) in [5.41, 5.74) is -0.656. The summed E-state index contributed by atoms with van der Waals surface area (Å²) in [6, 6.07) is 0. The molecule has 1 amide bonds. The van der Waals surface area contributed by atoms with Gasteiger partial charge in [-0.3, -0.25) is 0 Å². The fraction of sp³-hybridized carbons (Fsp3) is 0.765. The Morgan fingerprint density at radius 1 is 1.28 bits per heavy atom. The Bertz CT molecular complexity index is 698. The summed E-state index contributed by atoms with van der Waals surface area (Å²) in [5.74, 6) is -1.48. The molecule has 3 unspecified atom stereocenters. The van der Waals surface area contributed by atoms with Gasteiger partial charge in [0.15, 0.2) is 6.23 Å². The topological polar surface area (TPSA) is 152 Å². The predicted octanol–water partition coefficient (Wildman–Crippen LogP) is 0.399. The van der Waals surface area contributed by atoms with Gasteiger partial charge in [0.2, 0.25) is 5.60 Å². The molecule has 0 bridgehead atoms. The van der Waals surface area contributed by atoms with E-state index in [0.717, 1.165) is 0 Å². The second-order valence-electron chi connectivity index (χ2n) is 8.24. The largest absolute Gasteiger partial charge is 0.444 e. The zero-order valence-corrected chi connectivity index (χ0v) is 16.4. The first-order valence-corrected chi connectivity index (χ1v) is 9.08. The number of amides is 1. The third-order valence-corrected chi connectivity index (χ3v) is 4.94. The third-order valence-electron chi connectivity index (χ3n) is 4.94. The zero-order chi connectivity index (χ0) is 22.4. The van der Waals surface area contributed by atoms with E-state index in [-0.39, 0.29) is 25.9 Å². The molecule has 29 heavy (non-hydrogen) atoms. The Kier molecular flexibility index (Phi) is 6.13. The van der Waals surface area contributed by atoms with Gasteiger partial charge in [-0.2, -0.15) is 13.2 Å². The first kappa shape index (κ1) is 23.2. The van der Waals surface area contributed by atoms with E-state index >= 15 is 0 Å². The van der Waals surface area contributed by atoms with E-state index in [2.05, 4.69) is 5.32 Å². The van der Waals surface area contributed by atoms with E-state index in [9.17, 15) is 33.3 Å². The van der Waals surface area contributed by atoms with Crippen LogP contribution in [0.3, 0.4) is 0 Å². The highest BCUT2D eigenvalue weighted by Crippen LogP contribution is 2.44. The van der Waals surface area contributed by atoms with Crippen molar-refractivity contribution in [1.29, 1.82) is 5.41 Å². The lowest BCUT2D eigenvalue weighted by Gasteiger charge is -2.44. The second kappa shape index (κ2) is 7.65. The van der Waals surface area contributed by atoms with Crippen LogP contribution >= 0.6 is 0 Å². The molecule has 0 aliphatic carbocycles. The maximum Gasteiger partial charge on any atom is 0.424 e. The van der Waals surface area contributed by atoms with Crippen molar-refractivity contribution in [3.63, 3.8) is 0 Å². The lowest BCUT2D eigenvalue weighted by molar-refractivity contribution is -0.288. The number of nitrogens with one attached hydrogen (secondary N) is 2. The number of aliphatic hydroxyl groups is 3. The molecule has 2 aliphatic heterocycles. The number of piperidine rings is 1. The molecule has 7 N–H and O–H groups in total. The number of carbonyl (C=O) groups excluding carboxylic acids is 1. The summed E-state index contributed by atoms with van der Waals surface area (Å²) in [6.07, 6.45) is -10.5. The van der Waals surface area contributed by atoms with Crippen LogP contribution in [-0.4, -0.2) is 74.8 Å². The number of ether oxygens (including phenoxy) is 1. The summed E-state index contributed by atoms with van der Waals surface area (Å²) in [5, 5.41) is 40.0. The average molecular weight is 424 g/mol. The van der Waals surface area contributed by atoms with Gasteiger partial charge < -0.3 is 41.4 Å². The van der Waals surface area contributed by atoms with Gasteiger partial charge in [-0.15, -0.1) is 0 Å². The van der Waals surface area contributed by atoms with Crippen molar-refractivity contribution in [3.8, 4) is 0 Å². The summed E-state index contributed by atoms with van der Waals surface area (Å²) in [6.45, 7) is 5.39. The van der Waals surface area contributed by atoms with Crippen LogP contribution in [0.15, 0.2) is 11.4 Å². The maximum absolute atomic E-state index is 13.6. The predicted molar refractivity (Wildman–Crippen MR) is 95.6 cm³/mol. The van der Waals surface area contributed by atoms with Gasteiger partial charge in [-0.25, -0.2) is 4.79 Å². The lowest BCUT2D eigenvalue weighted by Crippen LogP contribution is -2.68. The molecule has 9 nitrogen and oxygen atoms in total. The Hall–Kier alpha value is -2.05. The summed E-state index contributed by atoms with van der Waals surface area (Å²) in [4.78, 5) is 13.5. The van der Waals surface area contributed by atoms with Gasteiger partial charge >= 0.3 is 12.3 Å². The quantitative estimate of drug-likeness (QED) is 0.351. The minimum absolute atomic E-state index is 0.137. The molecule has 3 atom stereocenters. The second-order valence-corrected chi connectivity index (χ2v) is 8.24. The highest BCUT2D eigenvalue weighted by Gasteiger charge is 2.66. The number of aliphatic hydroxyl groups excluding tert-OH is 2. The van der Waals surface area contributed by atoms with Crippen molar-refractivity contribution in [2.24, 2.45) is 11.7 Å². The molecule has 2 rings (SSSR count). The van der Waals surface area contributed by atoms with Crippen molar-refractivity contribution >= 4 is 11.8 Å². The fourth-order valence-corrected chi connectivity index (χ4v) is 3.43. The Morgan fingerprint density at radius 3 is 2.24 bits per heavy atom. The SMILES string of the molecule is CC(C)(C)OC(=O)N1CCC(C(=N)C2=C(N)NC(O)C(O)C2(O)C(F)(F)F)CC1. The maximum atomic E-state index is 13.6. The van der Waals surface area contributed by atoms with E-state index in [4.69, 9.17) is 15.9 Å². The Labute approximate surface area is 165 Å². The van der Waals surface area contributed by atoms with Crippen LogP contribution in [0.1, 0.15) is 33.6 Å². The smallest absolute Gasteiger partial charge is 0.424 e. The average Bonchev–Trinajstić information content (AvgIpc) is 2.57. The molecular formula is C17H27F3N4O5. The molecule has 0 aromatic heterocycles. The van der Waals surface area contributed by atoms with E-state index in [0.29, 0.717) is 0 Å². The van der Waals surface area contributed by atoms with E-state index in [1.54, 1.807) is 20.8 Å². The number of carbonyl (C=O) groups is 1. The van der Waals surface area contributed by atoms with Crippen LogP contribution in [0.5, 0.6) is 0 Å². The molecule has 0 radical (unpaired) electrons. The van der Waals surface area contributed by atoms with Gasteiger partial charge in [-0.05, 0) is 33.6 Å². The van der Waals surface area contributed by atoms with Crippen molar-refractivity contribution < 1.29 is 38.0 Å². The van der Waals surface area contributed by atoms with Gasteiger partial charge in [0.05, 0.1) is 5.57 Å². The number of nitrogens with two attached hydrogens (primary N) is 1. The zero-order valence-electron chi connectivity index (χ0n) is 16.4. The van der Waals surface area contributed by atoms with Crippen molar-refractivity contribution in [1.82, 2.24) is 10.2 Å². The molecule has 1 saturated heterocycles. The standard InChI is InChI=1S/C17H27F3N4O5/c1-15(2,3)29-14(27)24-6-4-8(5-7-24)10(21)9-12(22)23-13(26)11(25)16(9,28)17(18,19)20/h8,11,13,21,23,25-26,28H,4-7,22H2,1-3H3. The normalized spacial score (nSPS) is 29.5. The molecule has 0 saturated carbocycles. The third kappa shape index (κ3) is 4.43. The van der Waals surface area contributed by atoms with Crippen molar-refractivity contribution in [3.05, 3.63) is 11.4 Å². The van der Waals surface area contributed by atoms with Gasteiger partial charge in [0, 0.05) is 24.7 Å². The summed E-state index contributed by atoms with van der Waals surface area (Å²) in [7, 11) is 0. The van der Waals surface area contributed by atoms with E-state index < -0.39 is 58.8 Å². The van der Waals surface area contributed by atoms with Gasteiger partial charge in [0.1, 0.15) is 17.5 Å². The molecule has 2 aliphatic rings. The number of alkyl halides is 3. The molecular weight excluding hydrogens is 397 g/mol. The van der Waals surface area contributed by atoms with Gasteiger partial charge in [0.25, 0.3) is 0 Å².